The van der Waals surface area contributed by atoms with Crippen molar-refractivity contribution in [2.45, 2.75) is 30.8 Å². The fourth-order valence-electron chi connectivity index (χ4n) is 2.97. The van der Waals surface area contributed by atoms with Crippen molar-refractivity contribution in [2.75, 3.05) is 17.5 Å². The van der Waals surface area contributed by atoms with E-state index in [0.29, 0.717) is 30.0 Å². The monoisotopic (exact) mass is 347 g/mol. The molecule has 2 aromatic rings. The van der Waals surface area contributed by atoms with Gasteiger partial charge in [-0.25, -0.2) is 8.42 Å². The topological polar surface area (TPSA) is 66.8 Å². The summed E-state index contributed by atoms with van der Waals surface area (Å²) in [6, 6.07) is 13.5. The molecule has 2 aromatic carbocycles. The molecular formula is C18H21NO4S. The highest BCUT2D eigenvalue weighted by atomic mass is 32.2. The van der Waals surface area contributed by atoms with Crippen LogP contribution in [0.15, 0.2) is 53.4 Å². The zero-order valence-electron chi connectivity index (χ0n) is 13.8. The molecule has 0 fully saturated rings. The highest BCUT2D eigenvalue weighted by Gasteiger charge is 2.37. The Labute approximate surface area is 142 Å². The van der Waals surface area contributed by atoms with Crippen molar-refractivity contribution in [1.82, 2.24) is 0 Å². The first-order valence-electron chi connectivity index (χ1n) is 7.94. The smallest absolute Gasteiger partial charge is 0.264 e. The van der Waals surface area contributed by atoms with Crippen LogP contribution >= 0.6 is 0 Å². The Balaban J connectivity index is 2.01. The number of para-hydroxylation sites is 1. The van der Waals surface area contributed by atoms with Gasteiger partial charge in [0.25, 0.3) is 10.0 Å². The summed E-state index contributed by atoms with van der Waals surface area (Å²) in [6.07, 6.45) is 0.347. The number of rotatable bonds is 4. The molecule has 3 rings (SSSR count). The number of aliphatic hydroxyl groups is 1. The van der Waals surface area contributed by atoms with Gasteiger partial charge in [0.15, 0.2) is 0 Å². The second-order valence-electron chi connectivity index (χ2n) is 6.02. The number of sulfonamides is 1. The normalized spacial score (nSPS) is 20.5. The van der Waals surface area contributed by atoms with Gasteiger partial charge in [0.1, 0.15) is 5.75 Å². The Kier molecular flexibility index (Phi) is 4.27. The molecule has 1 heterocycles. The van der Waals surface area contributed by atoms with Crippen LogP contribution in [0.5, 0.6) is 5.75 Å². The molecule has 0 saturated heterocycles. The maximum Gasteiger partial charge on any atom is 0.264 e. The van der Waals surface area contributed by atoms with E-state index in [1.165, 1.54) is 4.31 Å². The third kappa shape index (κ3) is 2.87. The fourth-order valence-corrected chi connectivity index (χ4v) is 4.46. The summed E-state index contributed by atoms with van der Waals surface area (Å²) in [4.78, 5) is 0.210. The number of ether oxygens (including phenoxy) is 1. The zero-order chi connectivity index (χ0) is 17.4. The fraction of sp³-hybridized carbons (Fsp3) is 0.333. The number of nitrogens with zero attached hydrogens (tertiary/aromatic N) is 1. The Morgan fingerprint density at radius 2 is 1.83 bits per heavy atom. The molecule has 128 valence electrons. The number of anilines is 1. The molecule has 0 aromatic heterocycles. The molecule has 1 aliphatic heterocycles. The molecule has 0 spiro atoms. The van der Waals surface area contributed by atoms with Gasteiger partial charge in [-0.05, 0) is 50.6 Å². The van der Waals surface area contributed by atoms with Crippen molar-refractivity contribution in [2.24, 2.45) is 0 Å². The average molecular weight is 347 g/mol. The minimum absolute atomic E-state index is 0.210. The maximum absolute atomic E-state index is 13.0. The zero-order valence-corrected chi connectivity index (χ0v) is 14.6. The van der Waals surface area contributed by atoms with Crippen LogP contribution in [-0.4, -0.2) is 26.7 Å². The van der Waals surface area contributed by atoms with Crippen LogP contribution in [-0.2, 0) is 15.6 Å². The van der Waals surface area contributed by atoms with Gasteiger partial charge in [0, 0.05) is 12.1 Å². The minimum Gasteiger partial charge on any atom is -0.494 e. The molecule has 6 heteroatoms. The van der Waals surface area contributed by atoms with E-state index in [-0.39, 0.29) is 11.4 Å². The molecule has 1 N–H and O–H groups in total. The van der Waals surface area contributed by atoms with Crippen LogP contribution in [0.4, 0.5) is 5.69 Å². The van der Waals surface area contributed by atoms with Gasteiger partial charge in [0.05, 0.1) is 22.8 Å². The summed E-state index contributed by atoms with van der Waals surface area (Å²) in [5.41, 5.74) is 0.134. The molecule has 0 aliphatic carbocycles. The van der Waals surface area contributed by atoms with E-state index >= 15 is 0 Å². The van der Waals surface area contributed by atoms with E-state index in [1.54, 1.807) is 55.5 Å². The van der Waals surface area contributed by atoms with Crippen molar-refractivity contribution in [1.29, 1.82) is 0 Å². The summed E-state index contributed by atoms with van der Waals surface area (Å²) in [5.74, 6) is 0.637. The van der Waals surface area contributed by atoms with E-state index in [9.17, 15) is 13.5 Å². The highest BCUT2D eigenvalue weighted by molar-refractivity contribution is 7.92. The van der Waals surface area contributed by atoms with Gasteiger partial charge in [-0.15, -0.1) is 0 Å². The first kappa shape index (κ1) is 16.8. The SMILES string of the molecule is CCOc1ccc(S(=O)(=O)N2CCC(C)(O)c3ccccc32)cc1. The second kappa shape index (κ2) is 6.11. The van der Waals surface area contributed by atoms with Gasteiger partial charge < -0.3 is 9.84 Å². The molecule has 1 atom stereocenters. The third-order valence-corrected chi connectivity index (χ3v) is 6.10. The highest BCUT2D eigenvalue weighted by Crippen LogP contribution is 2.40. The van der Waals surface area contributed by atoms with Crippen LogP contribution in [0.25, 0.3) is 0 Å². The molecule has 0 radical (unpaired) electrons. The molecule has 24 heavy (non-hydrogen) atoms. The lowest BCUT2D eigenvalue weighted by atomic mass is 9.88. The van der Waals surface area contributed by atoms with E-state index < -0.39 is 15.6 Å². The summed E-state index contributed by atoms with van der Waals surface area (Å²) >= 11 is 0. The van der Waals surface area contributed by atoms with Crippen molar-refractivity contribution in [3.05, 3.63) is 54.1 Å². The lowest BCUT2D eigenvalue weighted by Crippen LogP contribution is -2.42. The Hall–Kier alpha value is -2.05. The number of benzene rings is 2. The lowest BCUT2D eigenvalue weighted by molar-refractivity contribution is 0.0472. The summed E-state index contributed by atoms with van der Waals surface area (Å²) in [5, 5.41) is 10.5. The van der Waals surface area contributed by atoms with Crippen LogP contribution in [0, 0.1) is 0 Å². The first-order chi connectivity index (χ1) is 11.4. The third-order valence-electron chi connectivity index (χ3n) is 4.28. The van der Waals surface area contributed by atoms with E-state index in [0.717, 1.165) is 0 Å². The summed E-state index contributed by atoms with van der Waals surface area (Å²) < 4.78 is 32.8. The number of hydrogen-bond acceptors (Lipinski definition) is 4. The maximum atomic E-state index is 13.0. The Morgan fingerprint density at radius 1 is 1.17 bits per heavy atom. The van der Waals surface area contributed by atoms with Gasteiger partial charge in [0.2, 0.25) is 0 Å². The van der Waals surface area contributed by atoms with Crippen molar-refractivity contribution < 1.29 is 18.3 Å². The molecule has 0 amide bonds. The predicted octanol–water partition coefficient (Wildman–Crippen LogP) is 2.89. The average Bonchev–Trinajstić information content (AvgIpc) is 2.55. The van der Waals surface area contributed by atoms with E-state index in [1.807, 2.05) is 6.92 Å². The van der Waals surface area contributed by atoms with Crippen LogP contribution in [0.1, 0.15) is 25.8 Å². The van der Waals surface area contributed by atoms with E-state index in [4.69, 9.17) is 4.74 Å². The van der Waals surface area contributed by atoms with E-state index in [2.05, 4.69) is 0 Å². The standard InChI is InChI=1S/C18H21NO4S/c1-3-23-14-8-10-15(11-9-14)24(21,22)19-13-12-18(2,20)16-6-4-5-7-17(16)19/h4-11,20H,3,12-13H2,1-2H3. The van der Waals surface area contributed by atoms with Crippen LogP contribution in [0.3, 0.4) is 0 Å². The predicted molar refractivity (Wildman–Crippen MR) is 92.8 cm³/mol. The summed E-state index contributed by atoms with van der Waals surface area (Å²) in [6.45, 7) is 4.36. The van der Waals surface area contributed by atoms with Gasteiger partial charge in [-0.2, -0.15) is 0 Å². The minimum atomic E-state index is -3.69. The van der Waals surface area contributed by atoms with Crippen molar-refractivity contribution >= 4 is 15.7 Å². The van der Waals surface area contributed by atoms with Crippen molar-refractivity contribution in [3.63, 3.8) is 0 Å². The van der Waals surface area contributed by atoms with Crippen molar-refractivity contribution in [3.8, 4) is 5.75 Å². The molecule has 0 bridgehead atoms. The molecule has 0 saturated carbocycles. The number of fused-ring (bicyclic) bond motifs is 1. The Morgan fingerprint density at radius 3 is 2.50 bits per heavy atom. The molecule has 1 unspecified atom stereocenters. The quantitative estimate of drug-likeness (QED) is 0.923. The van der Waals surface area contributed by atoms with Crippen LogP contribution in [0.2, 0.25) is 0 Å². The second-order valence-corrected chi connectivity index (χ2v) is 7.88. The lowest BCUT2D eigenvalue weighted by Gasteiger charge is -2.38. The van der Waals surface area contributed by atoms with Gasteiger partial charge in [-0.1, -0.05) is 18.2 Å². The molecule has 5 nitrogen and oxygen atoms in total. The molecular weight excluding hydrogens is 326 g/mol. The number of hydrogen-bond donors (Lipinski definition) is 1. The summed E-state index contributed by atoms with van der Waals surface area (Å²) in [7, 11) is -3.69. The first-order valence-corrected chi connectivity index (χ1v) is 9.38. The Bertz CT molecular complexity index is 828. The molecule has 1 aliphatic rings. The van der Waals surface area contributed by atoms with Gasteiger partial charge in [-0.3, -0.25) is 4.31 Å². The van der Waals surface area contributed by atoms with Gasteiger partial charge >= 0.3 is 0 Å². The largest absolute Gasteiger partial charge is 0.494 e. The van der Waals surface area contributed by atoms with Crippen LogP contribution < -0.4 is 9.04 Å².